The Labute approximate surface area is 142 Å². The maximum absolute atomic E-state index is 11.1. The molecule has 4 nitrogen and oxygen atoms in total. The molecule has 0 atom stereocenters. The van der Waals surface area contributed by atoms with Crippen molar-refractivity contribution < 1.29 is 9.90 Å². The van der Waals surface area contributed by atoms with Gasteiger partial charge in [0.25, 0.3) is 0 Å². The number of azo groups is 1. The first-order chi connectivity index (χ1) is 11.1. The largest absolute Gasteiger partial charge is 0.505 e. The van der Waals surface area contributed by atoms with Crippen LogP contribution in [0.15, 0.2) is 58.8 Å². The summed E-state index contributed by atoms with van der Waals surface area (Å²) in [6, 6.07) is 13.7. The van der Waals surface area contributed by atoms with Crippen molar-refractivity contribution in [2.75, 3.05) is 0 Å². The predicted molar refractivity (Wildman–Crippen MR) is 91.6 cm³/mol. The van der Waals surface area contributed by atoms with Crippen LogP contribution in [0.2, 0.25) is 10.0 Å². The molecule has 0 bridgehead atoms. The number of aromatic hydroxyl groups is 1. The second kappa shape index (κ2) is 6.36. The number of fused-ring (bicyclic) bond motifs is 1. The number of phenolic OH excluding ortho intramolecular Hbond substituents is 1. The van der Waals surface area contributed by atoms with Gasteiger partial charge in [-0.05, 0) is 29.7 Å². The molecule has 114 valence electrons. The van der Waals surface area contributed by atoms with Crippen LogP contribution in [0.3, 0.4) is 0 Å². The summed E-state index contributed by atoms with van der Waals surface area (Å²) in [5.41, 5.74) is 0.732. The van der Waals surface area contributed by atoms with Crippen molar-refractivity contribution in [3.8, 4) is 5.75 Å². The SMILES string of the molecule is O=Cc1cc2ccccc2c(N=Nc2cc(Cl)ccc2Cl)c1O. The summed E-state index contributed by atoms with van der Waals surface area (Å²) in [6.45, 7) is 0. The molecule has 0 unspecified atom stereocenters. The first kappa shape index (κ1) is 15.5. The summed E-state index contributed by atoms with van der Waals surface area (Å²) in [4.78, 5) is 11.1. The van der Waals surface area contributed by atoms with Crippen LogP contribution in [0.4, 0.5) is 11.4 Å². The Balaban J connectivity index is 2.19. The highest BCUT2D eigenvalue weighted by atomic mass is 35.5. The molecular formula is C17H10Cl2N2O2. The Morgan fingerprint density at radius 1 is 1.00 bits per heavy atom. The van der Waals surface area contributed by atoms with E-state index >= 15 is 0 Å². The van der Waals surface area contributed by atoms with Crippen LogP contribution in [-0.2, 0) is 0 Å². The van der Waals surface area contributed by atoms with Crippen molar-refractivity contribution in [3.63, 3.8) is 0 Å². The van der Waals surface area contributed by atoms with Crippen molar-refractivity contribution in [1.82, 2.24) is 0 Å². The molecule has 0 amide bonds. The fourth-order valence-electron chi connectivity index (χ4n) is 2.20. The van der Waals surface area contributed by atoms with Crippen molar-refractivity contribution in [3.05, 3.63) is 64.1 Å². The lowest BCUT2D eigenvalue weighted by Gasteiger charge is -2.06. The van der Waals surface area contributed by atoms with Crippen LogP contribution in [0.5, 0.6) is 5.75 Å². The number of nitrogens with zero attached hydrogens (tertiary/aromatic N) is 2. The van der Waals surface area contributed by atoms with Crippen LogP contribution in [0, 0.1) is 0 Å². The van der Waals surface area contributed by atoms with Crippen LogP contribution >= 0.6 is 23.2 Å². The van der Waals surface area contributed by atoms with E-state index in [1.54, 1.807) is 30.3 Å². The summed E-state index contributed by atoms with van der Waals surface area (Å²) < 4.78 is 0. The lowest BCUT2D eigenvalue weighted by atomic mass is 10.0. The van der Waals surface area contributed by atoms with E-state index in [0.717, 1.165) is 5.39 Å². The second-order valence-corrected chi connectivity index (χ2v) is 5.64. The summed E-state index contributed by atoms with van der Waals surface area (Å²) in [5, 5.41) is 20.7. The highest BCUT2D eigenvalue weighted by Crippen LogP contribution is 2.39. The smallest absolute Gasteiger partial charge is 0.154 e. The molecular weight excluding hydrogens is 335 g/mol. The van der Waals surface area contributed by atoms with Crippen LogP contribution in [0.25, 0.3) is 10.8 Å². The second-order valence-electron chi connectivity index (χ2n) is 4.80. The Morgan fingerprint density at radius 3 is 2.57 bits per heavy atom. The standard InChI is InChI=1S/C17H10Cl2N2O2/c18-12-5-6-14(19)15(8-12)20-21-16-13-4-2-1-3-10(13)7-11(9-22)17(16)23/h1-9,23H. The van der Waals surface area contributed by atoms with Gasteiger partial charge < -0.3 is 5.11 Å². The predicted octanol–water partition coefficient (Wildman–Crippen LogP) is 6.08. The van der Waals surface area contributed by atoms with E-state index in [-0.39, 0.29) is 17.0 Å². The number of hydrogen-bond donors (Lipinski definition) is 1. The topological polar surface area (TPSA) is 62.0 Å². The molecule has 3 aromatic rings. The first-order valence-corrected chi connectivity index (χ1v) is 7.42. The number of halogens is 2. The zero-order chi connectivity index (χ0) is 16.4. The van der Waals surface area contributed by atoms with E-state index in [9.17, 15) is 9.90 Å². The lowest BCUT2D eigenvalue weighted by Crippen LogP contribution is -1.84. The minimum Gasteiger partial charge on any atom is -0.505 e. The highest BCUT2D eigenvalue weighted by molar-refractivity contribution is 6.35. The van der Waals surface area contributed by atoms with Gasteiger partial charge in [-0.1, -0.05) is 47.5 Å². The summed E-state index contributed by atoms with van der Waals surface area (Å²) >= 11 is 12.0. The van der Waals surface area contributed by atoms with E-state index in [1.165, 1.54) is 0 Å². The maximum atomic E-state index is 11.1. The Kier molecular flexibility index (Phi) is 4.28. The number of carbonyl (C=O) groups is 1. The summed E-state index contributed by atoms with van der Waals surface area (Å²) in [6.07, 6.45) is 0.577. The average Bonchev–Trinajstić information content (AvgIpc) is 2.56. The van der Waals surface area contributed by atoms with E-state index in [1.807, 2.05) is 18.2 Å². The number of phenols is 1. The molecule has 0 fully saturated rings. The van der Waals surface area contributed by atoms with Crippen molar-refractivity contribution in [2.24, 2.45) is 10.2 Å². The Bertz CT molecular complexity index is 939. The van der Waals surface area contributed by atoms with Crippen LogP contribution < -0.4 is 0 Å². The molecule has 0 spiro atoms. The van der Waals surface area contributed by atoms with E-state index in [0.29, 0.717) is 27.4 Å². The first-order valence-electron chi connectivity index (χ1n) is 6.67. The quantitative estimate of drug-likeness (QED) is 0.462. The number of rotatable bonds is 3. The van der Waals surface area contributed by atoms with E-state index in [2.05, 4.69) is 10.2 Å². The van der Waals surface area contributed by atoms with Crippen LogP contribution in [-0.4, -0.2) is 11.4 Å². The monoisotopic (exact) mass is 344 g/mol. The van der Waals surface area contributed by atoms with Gasteiger partial charge in [0.2, 0.25) is 0 Å². The fourth-order valence-corrected chi connectivity index (χ4v) is 2.52. The summed E-state index contributed by atoms with van der Waals surface area (Å²) in [5.74, 6) is -0.222. The number of benzene rings is 3. The van der Waals surface area contributed by atoms with Crippen molar-refractivity contribution in [1.29, 1.82) is 0 Å². The van der Waals surface area contributed by atoms with Crippen molar-refractivity contribution >= 4 is 51.6 Å². The molecule has 0 radical (unpaired) electrons. The minimum absolute atomic E-state index is 0.148. The third-order valence-electron chi connectivity index (χ3n) is 3.32. The highest BCUT2D eigenvalue weighted by Gasteiger charge is 2.12. The van der Waals surface area contributed by atoms with Gasteiger partial charge in [0.15, 0.2) is 12.0 Å². The molecule has 0 saturated heterocycles. The van der Waals surface area contributed by atoms with Gasteiger partial charge in [-0.3, -0.25) is 4.79 Å². The molecule has 0 aliphatic rings. The molecule has 6 heteroatoms. The van der Waals surface area contributed by atoms with Gasteiger partial charge >= 0.3 is 0 Å². The van der Waals surface area contributed by atoms with Crippen molar-refractivity contribution in [2.45, 2.75) is 0 Å². The van der Waals surface area contributed by atoms with E-state index in [4.69, 9.17) is 23.2 Å². The number of hydrogen-bond acceptors (Lipinski definition) is 4. The van der Waals surface area contributed by atoms with Gasteiger partial charge in [-0.15, -0.1) is 10.2 Å². The third kappa shape index (κ3) is 3.04. The number of aldehydes is 1. The van der Waals surface area contributed by atoms with Gasteiger partial charge in [-0.25, -0.2) is 0 Å². The molecule has 0 aliphatic heterocycles. The molecule has 0 aromatic heterocycles. The van der Waals surface area contributed by atoms with Crippen LogP contribution in [0.1, 0.15) is 10.4 Å². The van der Waals surface area contributed by atoms with Gasteiger partial charge in [0, 0.05) is 10.4 Å². The Morgan fingerprint density at radius 2 is 1.78 bits per heavy atom. The third-order valence-corrected chi connectivity index (χ3v) is 3.87. The van der Waals surface area contributed by atoms with Gasteiger partial charge in [-0.2, -0.15) is 0 Å². The molecule has 0 heterocycles. The molecule has 1 N–H and O–H groups in total. The average molecular weight is 345 g/mol. The molecule has 23 heavy (non-hydrogen) atoms. The maximum Gasteiger partial charge on any atom is 0.154 e. The minimum atomic E-state index is -0.222. The van der Waals surface area contributed by atoms with Gasteiger partial charge in [0.1, 0.15) is 11.4 Å². The normalized spacial score (nSPS) is 11.2. The number of carbonyl (C=O) groups excluding carboxylic acids is 1. The Hall–Kier alpha value is -2.43. The molecule has 0 aliphatic carbocycles. The van der Waals surface area contributed by atoms with E-state index < -0.39 is 0 Å². The lowest BCUT2D eigenvalue weighted by molar-refractivity contribution is 0.112. The fraction of sp³-hybridized carbons (Fsp3) is 0. The van der Waals surface area contributed by atoms with Gasteiger partial charge in [0.05, 0.1) is 10.6 Å². The molecule has 3 aromatic carbocycles. The zero-order valence-corrected chi connectivity index (χ0v) is 13.2. The molecule has 0 saturated carbocycles. The summed E-state index contributed by atoms with van der Waals surface area (Å²) in [7, 11) is 0. The molecule has 3 rings (SSSR count). The zero-order valence-electron chi connectivity index (χ0n) is 11.7.